The monoisotopic (exact) mass is 440 g/mol. The van der Waals surface area contributed by atoms with Gasteiger partial charge in [-0.15, -0.1) is 0 Å². The molecule has 1 aromatic carbocycles. The van der Waals surface area contributed by atoms with Gasteiger partial charge >= 0.3 is 0 Å². The number of piperazine rings is 1. The Morgan fingerprint density at radius 2 is 1.74 bits per heavy atom. The predicted molar refractivity (Wildman–Crippen MR) is 90.6 cm³/mol. The van der Waals surface area contributed by atoms with Crippen LogP contribution in [0.25, 0.3) is 0 Å². The number of ether oxygens (including phenoxy) is 2. The fraction of sp³-hybridized carbons (Fsp3) is 0.533. The van der Waals surface area contributed by atoms with Crippen molar-refractivity contribution in [1.29, 1.82) is 0 Å². The van der Waals surface area contributed by atoms with Crippen molar-refractivity contribution in [1.82, 2.24) is 9.80 Å². The van der Waals surface area contributed by atoms with E-state index in [2.05, 4.69) is 22.6 Å². The van der Waals surface area contributed by atoms with Gasteiger partial charge < -0.3 is 14.4 Å². The second kappa shape index (κ2) is 8.09. The molecule has 1 amide bonds. The number of hydrogen-bond acceptors (Lipinski definition) is 4. The third kappa shape index (κ3) is 4.43. The largest absolute Gasteiger partial charge is 0.493 e. The van der Waals surface area contributed by atoms with Crippen molar-refractivity contribution in [2.75, 3.05) is 46.9 Å². The highest BCUT2D eigenvalue weighted by atomic mass is 127. The van der Waals surface area contributed by atoms with Crippen molar-refractivity contribution in [3.8, 4) is 11.5 Å². The van der Waals surface area contributed by atoms with Gasteiger partial charge in [0.25, 0.3) is 12.3 Å². The molecular formula is C15H19F2IN2O3. The molecule has 8 heteroatoms. The first-order valence-corrected chi connectivity index (χ1v) is 8.25. The van der Waals surface area contributed by atoms with Gasteiger partial charge in [-0.1, -0.05) is 0 Å². The van der Waals surface area contributed by atoms with E-state index in [9.17, 15) is 13.6 Å². The van der Waals surface area contributed by atoms with Crippen LogP contribution < -0.4 is 9.47 Å². The molecule has 1 heterocycles. The Morgan fingerprint density at radius 1 is 1.17 bits per heavy atom. The summed E-state index contributed by atoms with van der Waals surface area (Å²) in [6, 6.07) is 3.41. The standard InChI is InChI=1S/C15H19F2IN2O3/c1-22-12-7-10(11(18)8-13(12)23-2)15(21)20-5-3-19(4-6-20)9-14(16)17/h7-8,14H,3-6,9H2,1-2H3. The number of benzene rings is 1. The third-order valence-corrected chi connectivity index (χ3v) is 4.65. The Balaban J connectivity index is 2.09. The molecular weight excluding hydrogens is 421 g/mol. The summed E-state index contributed by atoms with van der Waals surface area (Å²) in [5.74, 6) is 0.940. The van der Waals surface area contributed by atoms with Crippen molar-refractivity contribution in [2.24, 2.45) is 0 Å². The topological polar surface area (TPSA) is 42.0 Å². The SMILES string of the molecule is COc1cc(I)c(C(=O)N2CCN(CC(F)F)CC2)cc1OC. The molecule has 23 heavy (non-hydrogen) atoms. The Hall–Kier alpha value is -1.16. The van der Waals surface area contributed by atoms with Gasteiger partial charge in [-0.25, -0.2) is 8.78 Å². The number of hydrogen-bond donors (Lipinski definition) is 0. The maximum Gasteiger partial charge on any atom is 0.255 e. The van der Waals surface area contributed by atoms with E-state index in [1.165, 1.54) is 14.2 Å². The van der Waals surface area contributed by atoms with E-state index in [0.717, 1.165) is 3.57 Å². The van der Waals surface area contributed by atoms with Crippen molar-refractivity contribution >= 4 is 28.5 Å². The number of rotatable bonds is 5. The van der Waals surface area contributed by atoms with Gasteiger partial charge in [-0.2, -0.15) is 0 Å². The lowest BCUT2D eigenvalue weighted by Crippen LogP contribution is -2.49. The summed E-state index contributed by atoms with van der Waals surface area (Å²) in [6.07, 6.45) is -2.34. The maximum absolute atomic E-state index is 12.7. The molecule has 2 rings (SSSR count). The third-order valence-electron chi connectivity index (χ3n) is 3.76. The molecule has 1 aromatic rings. The predicted octanol–water partition coefficient (Wildman–Crippen LogP) is 2.33. The van der Waals surface area contributed by atoms with Crippen LogP contribution in [-0.4, -0.2) is 69.1 Å². The molecule has 0 N–H and O–H groups in total. The van der Waals surface area contributed by atoms with Gasteiger partial charge in [0.05, 0.1) is 26.3 Å². The van der Waals surface area contributed by atoms with Crippen LogP contribution in [0.5, 0.6) is 11.5 Å². The summed E-state index contributed by atoms with van der Waals surface area (Å²) >= 11 is 2.08. The molecule has 0 spiro atoms. The minimum Gasteiger partial charge on any atom is -0.493 e. The van der Waals surface area contributed by atoms with Crippen LogP contribution in [0.2, 0.25) is 0 Å². The van der Waals surface area contributed by atoms with Gasteiger partial charge in [-0.05, 0) is 34.7 Å². The van der Waals surface area contributed by atoms with E-state index >= 15 is 0 Å². The van der Waals surface area contributed by atoms with Crippen LogP contribution in [0.3, 0.4) is 0 Å². The summed E-state index contributed by atoms with van der Waals surface area (Å²) in [7, 11) is 3.06. The zero-order valence-electron chi connectivity index (χ0n) is 13.0. The summed E-state index contributed by atoms with van der Waals surface area (Å²) < 4.78 is 36.0. The van der Waals surface area contributed by atoms with E-state index in [0.29, 0.717) is 43.2 Å². The normalized spacial score (nSPS) is 15.8. The highest BCUT2D eigenvalue weighted by molar-refractivity contribution is 14.1. The second-order valence-corrected chi connectivity index (χ2v) is 6.33. The lowest BCUT2D eigenvalue weighted by atomic mass is 10.1. The van der Waals surface area contributed by atoms with Crippen LogP contribution in [-0.2, 0) is 0 Å². The van der Waals surface area contributed by atoms with Gasteiger partial charge in [0.15, 0.2) is 11.5 Å². The van der Waals surface area contributed by atoms with Crippen molar-refractivity contribution in [2.45, 2.75) is 6.43 Å². The summed E-state index contributed by atoms with van der Waals surface area (Å²) in [5.41, 5.74) is 0.533. The fourth-order valence-electron chi connectivity index (χ4n) is 2.52. The van der Waals surface area contributed by atoms with Crippen LogP contribution in [0, 0.1) is 3.57 Å². The second-order valence-electron chi connectivity index (χ2n) is 5.17. The first-order valence-electron chi connectivity index (χ1n) is 7.17. The number of nitrogens with zero attached hydrogens (tertiary/aromatic N) is 2. The Morgan fingerprint density at radius 3 is 2.26 bits per heavy atom. The average molecular weight is 440 g/mol. The molecule has 128 valence electrons. The quantitative estimate of drug-likeness (QED) is 0.660. The smallest absolute Gasteiger partial charge is 0.255 e. The van der Waals surface area contributed by atoms with Gasteiger partial charge in [0.2, 0.25) is 0 Å². The van der Waals surface area contributed by atoms with Crippen LogP contribution in [0.1, 0.15) is 10.4 Å². The number of methoxy groups -OCH3 is 2. The fourth-order valence-corrected chi connectivity index (χ4v) is 3.19. The molecule has 0 radical (unpaired) electrons. The molecule has 0 saturated carbocycles. The molecule has 1 aliphatic rings. The first-order chi connectivity index (χ1) is 11.0. The van der Waals surface area contributed by atoms with Crippen molar-refractivity contribution in [3.63, 3.8) is 0 Å². The van der Waals surface area contributed by atoms with Gasteiger partial charge in [0.1, 0.15) is 0 Å². The number of halogens is 3. The van der Waals surface area contributed by atoms with Crippen molar-refractivity contribution in [3.05, 3.63) is 21.3 Å². The van der Waals surface area contributed by atoms with Gasteiger partial charge in [-0.3, -0.25) is 9.69 Å². The lowest BCUT2D eigenvalue weighted by Gasteiger charge is -2.34. The van der Waals surface area contributed by atoms with E-state index < -0.39 is 6.43 Å². The van der Waals surface area contributed by atoms with E-state index in [1.54, 1.807) is 21.9 Å². The first kappa shape index (κ1) is 18.2. The minimum atomic E-state index is -2.34. The highest BCUT2D eigenvalue weighted by Gasteiger charge is 2.25. The van der Waals surface area contributed by atoms with Gasteiger partial charge in [0, 0.05) is 29.7 Å². The zero-order valence-corrected chi connectivity index (χ0v) is 15.2. The molecule has 0 bridgehead atoms. The number of amides is 1. The molecule has 0 aliphatic carbocycles. The lowest BCUT2D eigenvalue weighted by molar-refractivity contribution is 0.0458. The molecule has 0 atom stereocenters. The molecule has 1 fully saturated rings. The van der Waals surface area contributed by atoms with E-state index in [-0.39, 0.29) is 12.5 Å². The summed E-state index contributed by atoms with van der Waals surface area (Å²) in [6.45, 7) is 1.56. The molecule has 0 aromatic heterocycles. The maximum atomic E-state index is 12.7. The summed E-state index contributed by atoms with van der Waals surface area (Å²) in [4.78, 5) is 16.0. The van der Waals surface area contributed by atoms with Crippen LogP contribution >= 0.6 is 22.6 Å². The summed E-state index contributed by atoms with van der Waals surface area (Å²) in [5, 5.41) is 0. The zero-order chi connectivity index (χ0) is 17.0. The Labute approximate surface area is 147 Å². The average Bonchev–Trinajstić information content (AvgIpc) is 2.54. The molecule has 1 saturated heterocycles. The Bertz CT molecular complexity index is 564. The van der Waals surface area contributed by atoms with Crippen LogP contribution in [0.15, 0.2) is 12.1 Å². The molecule has 0 unspecified atom stereocenters. The minimum absolute atomic E-state index is 0.118. The van der Waals surface area contributed by atoms with E-state index in [1.807, 2.05) is 0 Å². The van der Waals surface area contributed by atoms with Crippen molar-refractivity contribution < 1.29 is 23.0 Å². The highest BCUT2D eigenvalue weighted by Crippen LogP contribution is 2.32. The molecule has 5 nitrogen and oxygen atoms in total. The number of carbonyl (C=O) groups is 1. The number of alkyl halides is 2. The molecule has 1 aliphatic heterocycles. The number of carbonyl (C=O) groups excluding carboxylic acids is 1. The van der Waals surface area contributed by atoms with Crippen LogP contribution in [0.4, 0.5) is 8.78 Å². The Kier molecular flexibility index (Phi) is 6.40. The van der Waals surface area contributed by atoms with E-state index in [4.69, 9.17) is 9.47 Å².